The lowest BCUT2D eigenvalue weighted by molar-refractivity contribution is -0.384. The molecule has 3 aromatic rings. The summed E-state index contributed by atoms with van der Waals surface area (Å²) in [5.41, 5.74) is 1.53. The molecule has 0 spiro atoms. The Kier molecular flexibility index (Phi) is 4.13. The van der Waals surface area contributed by atoms with Crippen LogP contribution < -0.4 is 5.32 Å². The van der Waals surface area contributed by atoms with Gasteiger partial charge >= 0.3 is 0 Å². The fourth-order valence-corrected chi connectivity index (χ4v) is 2.86. The summed E-state index contributed by atoms with van der Waals surface area (Å²) in [6.07, 6.45) is 0. The van der Waals surface area contributed by atoms with Gasteiger partial charge in [-0.25, -0.2) is 4.98 Å². The van der Waals surface area contributed by atoms with Crippen molar-refractivity contribution in [2.24, 2.45) is 0 Å². The van der Waals surface area contributed by atoms with Crippen molar-refractivity contribution in [2.45, 2.75) is 13.8 Å². The predicted molar refractivity (Wildman–Crippen MR) is 90.3 cm³/mol. The monoisotopic (exact) mass is 343 g/mol. The molecule has 2 aromatic heterocycles. The molecule has 1 N–H and O–H groups in total. The number of benzene rings is 1. The van der Waals surface area contributed by atoms with Crippen LogP contribution in [0.5, 0.6) is 0 Å². The Balaban J connectivity index is 1.77. The van der Waals surface area contributed by atoms with Crippen LogP contribution in [0.15, 0.2) is 40.8 Å². The first-order valence-corrected chi connectivity index (χ1v) is 7.86. The third-order valence-corrected chi connectivity index (χ3v) is 4.43. The van der Waals surface area contributed by atoms with Gasteiger partial charge in [0, 0.05) is 22.6 Å². The summed E-state index contributed by atoms with van der Waals surface area (Å²) in [6, 6.07) is 9.13. The van der Waals surface area contributed by atoms with E-state index in [1.54, 1.807) is 24.3 Å². The summed E-state index contributed by atoms with van der Waals surface area (Å²) < 4.78 is 5.54. The van der Waals surface area contributed by atoms with Crippen LogP contribution >= 0.6 is 11.3 Å². The van der Waals surface area contributed by atoms with Gasteiger partial charge in [-0.2, -0.15) is 0 Å². The number of non-ortho nitro benzene ring substituents is 1. The molecule has 7 nitrogen and oxygen atoms in total. The average Bonchev–Trinajstić information content (AvgIpc) is 3.15. The molecule has 1 aromatic carbocycles. The molecular weight excluding hydrogens is 330 g/mol. The molecule has 2 heterocycles. The topological polar surface area (TPSA) is 98.3 Å². The number of anilines is 1. The largest absolute Gasteiger partial charge is 0.451 e. The lowest BCUT2D eigenvalue weighted by Gasteiger charge is -1.99. The van der Waals surface area contributed by atoms with Crippen molar-refractivity contribution in [1.82, 2.24) is 4.98 Å². The number of carbonyl (C=O) groups excluding carboxylic acids is 1. The Morgan fingerprint density at radius 1 is 1.21 bits per heavy atom. The van der Waals surface area contributed by atoms with E-state index in [4.69, 9.17) is 4.42 Å². The van der Waals surface area contributed by atoms with Crippen molar-refractivity contribution in [3.05, 3.63) is 62.8 Å². The standard InChI is InChI=1S/C16H13N3O4S/c1-9-10(2)24-16(17-9)18-15(20)14-8-7-13(23-14)11-3-5-12(6-4-11)19(21)22/h3-8H,1-2H3,(H,17,18,20). The van der Waals surface area contributed by atoms with Crippen LogP contribution in [0.2, 0.25) is 0 Å². The molecule has 0 saturated carbocycles. The maximum absolute atomic E-state index is 12.2. The van der Waals surface area contributed by atoms with E-state index >= 15 is 0 Å². The molecule has 0 aliphatic rings. The molecule has 0 radical (unpaired) electrons. The number of aromatic nitrogens is 1. The van der Waals surface area contributed by atoms with E-state index in [1.165, 1.54) is 23.5 Å². The zero-order chi connectivity index (χ0) is 17.3. The molecule has 3 rings (SSSR count). The van der Waals surface area contributed by atoms with Crippen LogP contribution in [0.25, 0.3) is 11.3 Å². The van der Waals surface area contributed by atoms with E-state index < -0.39 is 10.8 Å². The molecule has 122 valence electrons. The van der Waals surface area contributed by atoms with E-state index in [0.29, 0.717) is 16.5 Å². The lowest BCUT2D eigenvalue weighted by Crippen LogP contribution is -2.10. The smallest absolute Gasteiger partial charge is 0.293 e. The summed E-state index contributed by atoms with van der Waals surface area (Å²) in [7, 11) is 0. The van der Waals surface area contributed by atoms with E-state index in [1.807, 2.05) is 13.8 Å². The summed E-state index contributed by atoms with van der Waals surface area (Å²) in [5.74, 6) is 0.215. The molecule has 24 heavy (non-hydrogen) atoms. The fraction of sp³-hybridized carbons (Fsp3) is 0.125. The second-order valence-corrected chi connectivity index (χ2v) is 6.29. The van der Waals surface area contributed by atoms with Gasteiger partial charge in [-0.15, -0.1) is 11.3 Å². The first kappa shape index (κ1) is 15.9. The third kappa shape index (κ3) is 3.18. The maximum atomic E-state index is 12.2. The van der Waals surface area contributed by atoms with E-state index in [-0.39, 0.29) is 11.4 Å². The number of nitro groups is 1. The van der Waals surface area contributed by atoms with Crippen molar-refractivity contribution in [2.75, 3.05) is 5.32 Å². The van der Waals surface area contributed by atoms with Crippen LogP contribution in [0.3, 0.4) is 0 Å². The molecule has 0 unspecified atom stereocenters. The number of nitrogens with zero attached hydrogens (tertiary/aromatic N) is 2. The number of hydrogen-bond acceptors (Lipinski definition) is 6. The number of furan rings is 1. The number of aryl methyl sites for hydroxylation is 2. The van der Waals surface area contributed by atoms with Crippen molar-refractivity contribution >= 4 is 28.1 Å². The average molecular weight is 343 g/mol. The first-order valence-electron chi connectivity index (χ1n) is 7.04. The zero-order valence-corrected chi connectivity index (χ0v) is 13.7. The van der Waals surface area contributed by atoms with E-state index in [2.05, 4.69) is 10.3 Å². The van der Waals surface area contributed by atoms with Crippen LogP contribution in [-0.2, 0) is 0 Å². The van der Waals surface area contributed by atoms with Crippen LogP contribution in [0.1, 0.15) is 21.1 Å². The number of nitrogens with one attached hydrogen (secondary N) is 1. The number of rotatable bonds is 4. The Morgan fingerprint density at radius 2 is 1.92 bits per heavy atom. The Labute approximate surface area is 141 Å². The number of amides is 1. The normalized spacial score (nSPS) is 10.6. The van der Waals surface area contributed by atoms with Gasteiger partial charge in [0.2, 0.25) is 0 Å². The molecule has 0 bridgehead atoms. The van der Waals surface area contributed by atoms with Crippen molar-refractivity contribution < 1.29 is 14.1 Å². The Morgan fingerprint density at radius 3 is 2.50 bits per heavy atom. The molecule has 0 aliphatic heterocycles. The van der Waals surface area contributed by atoms with E-state index in [9.17, 15) is 14.9 Å². The molecule has 0 saturated heterocycles. The Hall–Kier alpha value is -3.00. The minimum absolute atomic E-state index is 0.00205. The number of carbonyl (C=O) groups is 1. The molecule has 0 aliphatic carbocycles. The number of nitro benzene ring substituents is 1. The van der Waals surface area contributed by atoms with E-state index in [0.717, 1.165) is 10.6 Å². The third-order valence-electron chi connectivity index (χ3n) is 3.44. The molecule has 1 amide bonds. The quantitative estimate of drug-likeness (QED) is 0.566. The summed E-state index contributed by atoms with van der Waals surface area (Å²) in [4.78, 5) is 27.7. The van der Waals surface area contributed by atoms with Crippen molar-refractivity contribution in [3.8, 4) is 11.3 Å². The Bertz CT molecular complexity index is 892. The predicted octanol–water partition coefficient (Wildman–Crippen LogP) is 4.18. The van der Waals surface area contributed by atoms with Gasteiger partial charge in [-0.05, 0) is 38.1 Å². The highest BCUT2D eigenvalue weighted by molar-refractivity contribution is 7.15. The highest BCUT2D eigenvalue weighted by Gasteiger charge is 2.15. The SMILES string of the molecule is Cc1nc(NC(=O)c2ccc(-c3ccc([N+](=O)[O-])cc3)o2)sc1C. The van der Waals surface area contributed by atoms with Gasteiger partial charge in [-0.3, -0.25) is 20.2 Å². The summed E-state index contributed by atoms with van der Waals surface area (Å²) >= 11 is 1.40. The first-order chi connectivity index (χ1) is 11.4. The maximum Gasteiger partial charge on any atom is 0.293 e. The van der Waals surface area contributed by atoms with Crippen molar-refractivity contribution in [1.29, 1.82) is 0 Å². The highest BCUT2D eigenvalue weighted by atomic mass is 32.1. The van der Waals surface area contributed by atoms with Crippen LogP contribution in [0.4, 0.5) is 10.8 Å². The molecule has 0 atom stereocenters. The van der Waals surface area contributed by atoms with Gasteiger partial charge in [0.15, 0.2) is 10.9 Å². The molecule has 8 heteroatoms. The van der Waals surface area contributed by atoms with Crippen LogP contribution in [0, 0.1) is 24.0 Å². The minimum atomic E-state index is -0.469. The minimum Gasteiger partial charge on any atom is -0.451 e. The van der Waals surface area contributed by atoms with Gasteiger partial charge < -0.3 is 4.42 Å². The van der Waals surface area contributed by atoms with Gasteiger partial charge in [0.05, 0.1) is 10.6 Å². The van der Waals surface area contributed by atoms with Gasteiger partial charge in [0.25, 0.3) is 11.6 Å². The molecular formula is C16H13N3O4S. The molecule has 0 fully saturated rings. The number of hydrogen-bond donors (Lipinski definition) is 1. The van der Waals surface area contributed by atoms with Crippen molar-refractivity contribution in [3.63, 3.8) is 0 Å². The van der Waals surface area contributed by atoms with Gasteiger partial charge in [0.1, 0.15) is 5.76 Å². The summed E-state index contributed by atoms with van der Waals surface area (Å²) in [6.45, 7) is 3.81. The highest BCUT2D eigenvalue weighted by Crippen LogP contribution is 2.26. The fourth-order valence-electron chi connectivity index (χ4n) is 2.05. The second-order valence-electron chi connectivity index (χ2n) is 5.08. The number of thiazole rings is 1. The zero-order valence-electron chi connectivity index (χ0n) is 12.9. The van der Waals surface area contributed by atoms with Gasteiger partial charge in [-0.1, -0.05) is 0 Å². The van der Waals surface area contributed by atoms with Crippen LogP contribution in [-0.4, -0.2) is 15.8 Å². The lowest BCUT2D eigenvalue weighted by atomic mass is 10.1. The summed E-state index contributed by atoms with van der Waals surface area (Å²) in [5, 5.41) is 13.9. The second kappa shape index (κ2) is 6.25.